The highest BCUT2D eigenvalue weighted by Gasteiger charge is 2.21. The standard InChI is InChI=1S/C24H28O/c1-3-4-19-7-13-22(14-8-19)23-15-9-20(10-16-23)5-6-21-11-17-24(25-2)18-12-21/h7-8,11-14,17-18,20,23H,3-4,9-10,15-16H2,1-2H3/t20-,23-. The van der Waals surface area contributed by atoms with E-state index in [2.05, 4.69) is 43.0 Å². The van der Waals surface area contributed by atoms with Crippen molar-refractivity contribution in [2.75, 3.05) is 7.11 Å². The molecule has 2 aromatic rings. The van der Waals surface area contributed by atoms with E-state index in [1.54, 1.807) is 7.11 Å². The average molecular weight is 332 g/mol. The molecular formula is C24H28O. The molecule has 0 bridgehead atoms. The fraction of sp³-hybridized carbons (Fsp3) is 0.417. The molecule has 0 aromatic heterocycles. The molecule has 0 aliphatic heterocycles. The zero-order chi connectivity index (χ0) is 17.5. The lowest BCUT2D eigenvalue weighted by Gasteiger charge is -2.26. The van der Waals surface area contributed by atoms with Gasteiger partial charge in [-0.25, -0.2) is 0 Å². The van der Waals surface area contributed by atoms with E-state index < -0.39 is 0 Å². The quantitative estimate of drug-likeness (QED) is 0.626. The van der Waals surface area contributed by atoms with Crippen molar-refractivity contribution in [1.29, 1.82) is 0 Å². The molecule has 0 spiro atoms. The zero-order valence-corrected chi connectivity index (χ0v) is 15.4. The van der Waals surface area contributed by atoms with Crippen LogP contribution >= 0.6 is 0 Å². The van der Waals surface area contributed by atoms with E-state index in [1.807, 2.05) is 24.3 Å². The second-order valence-electron chi connectivity index (χ2n) is 7.04. The SMILES string of the molecule is CCCc1ccc([C@H]2CC[C@H](C#Cc3ccc(OC)cc3)CC2)cc1. The molecule has 2 aromatic carbocycles. The molecule has 1 fully saturated rings. The number of benzene rings is 2. The molecule has 0 radical (unpaired) electrons. The molecule has 130 valence electrons. The van der Waals surface area contributed by atoms with Gasteiger partial charge < -0.3 is 4.74 Å². The van der Waals surface area contributed by atoms with Gasteiger partial charge in [0.05, 0.1) is 7.11 Å². The number of ether oxygens (including phenoxy) is 1. The Morgan fingerprint density at radius 3 is 2.20 bits per heavy atom. The molecule has 3 rings (SSSR count). The summed E-state index contributed by atoms with van der Waals surface area (Å²) < 4.78 is 5.19. The minimum Gasteiger partial charge on any atom is -0.497 e. The monoisotopic (exact) mass is 332 g/mol. The normalized spacial score (nSPS) is 19.8. The first-order chi connectivity index (χ1) is 12.3. The highest BCUT2D eigenvalue weighted by Crippen LogP contribution is 2.35. The Morgan fingerprint density at radius 1 is 0.920 bits per heavy atom. The molecule has 1 aliphatic rings. The number of hydrogen-bond donors (Lipinski definition) is 0. The van der Waals surface area contributed by atoms with Crippen LogP contribution < -0.4 is 4.74 Å². The molecule has 1 heteroatoms. The summed E-state index contributed by atoms with van der Waals surface area (Å²) in [5.74, 6) is 8.96. The lowest BCUT2D eigenvalue weighted by molar-refractivity contribution is 0.384. The molecule has 0 unspecified atom stereocenters. The lowest BCUT2D eigenvalue weighted by Crippen LogP contribution is -2.12. The predicted molar refractivity (Wildman–Crippen MR) is 105 cm³/mol. The first-order valence-electron chi connectivity index (χ1n) is 9.53. The van der Waals surface area contributed by atoms with Crippen LogP contribution in [0.1, 0.15) is 61.6 Å². The van der Waals surface area contributed by atoms with Crippen LogP contribution in [0.2, 0.25) is 0 Å². The molecular weight excluding hydrogens is 304 g/mol. The van der Waals surface area contributed by atoms with Crippen LogP contribution in [-0.4, -0.2) is 7.11 Å². The Hall–Kier alpha value is -2.20. The summed E-state index contributed by atoms with van der Waals surface area (Å²) in [6.45, 7) is 2.24. The van der Waals surface area contributed by atoms with Gasteiger partial charge in [0.25, 0.3) is 0 Å². The maximum atomic E-state index is 5.19. The molecule has 1 nitrogen and oxygen atoms in total. The Bertz CT molecular complexity index is 707. The van der Waals surface area contributed by atoms with E-state index in [-0.39, 0.29) is 0 Å². The van der Waals surface area contributed by atoms with Crippen molar-refractivity contribution in [3.63, 3.8) is 0 Å². The van der Waals surface area contributed by atoms with E-state index >= 15 is 0 Å². The third-order valence-corrected chi connectivity index (χ3v) is 5.23. The summed E-state index contributed by atoms with van der Waals surface area (Å²) in [5, 5.41) is 0. The summed E-state index contributed by atoms with van der Waals surface area (Å²) in [6.07, 6.45) is 7.35. The van der Waals surface area contributed by atoms with Gasteiger partial charge in [-0.1, -0.05) is 49.5 Å². The Kier molecular flexibility index (Phi) is 6.18. The smallest absolute Gasteiger partial charge is 0.118 e. The molecule has 1 saturated carbocycles. The van der Waals surface area contributed by atoms with E-state index in [0.717, 1.165) is 17.2 Å². The Morgan fingerprint density at radius 2 is 1.60 bits per heavy atom. The van der Waals surface area contributed by atoms with Gasteiger partial charge in [-0.2, -0.15) is 0 Å². The predicted octanol–water partition coefficient (Wildman–Crippen LogP) is 5.97. The van der Waals surface area contributed by atoms with Crippen molar-refractivity contribution in [2.45, 2.75) is 51.4 Å². The number of hydrogen-bond acceptors (Lipinski definition) is 1. The molecule has 0 atom stereocenters. The summed E-state index contributed by atoms with van der Waals surface area (Å²) >= 11 is 0. The van der Waals surface area contributed by atoms with E-state index in [9.17, 15) is 0 Å². The van der Waals surface area contributed by atoms with Crippen molar-refractivity contribution in [1.82, 2.24) is 0 Å². The summed E-state index contributed by atoms with van der Waals surface area (Å²) in [4.78, 5) is 0. The van der Waals surface area contributed by atoms with Gasteiger partial charge in [0.1, 0.15) is 5.75 Å². The highest BCUT2D eigenvalue weighted by atomic mass is 16.5. The number of methoxy groups -OCH3 is 1. The maximum Gasteiger partial charge on any atom is 0.118 e. The Balaban J connectivity index is 1.54. The maximum absolute atomic E-state index is 5.19. The minimum atomic E-state index is 0.540. The average Bonchev–Trinajstić information content (AvgIpc) is 2.68. The fourth-order valence-electron chi connectivity index (χ4n) is 3.68. The molecule has 25 heavy (non-hydrogen) atoms. The third-order valence-electron chi connectivity index (χ3n) is 5.23. The van der Waals surface area contributed by atoms with Gasteiger partial charge in [-0.15, -0.1) is 0 Å². The number of aryl methyl sites for hydroxylation is 1. The van der Waals surface area contributed by atoms with Crippen LogP contribution in [0, 0.1) is 17.8 Å². The molecule has 1 aliphatic carbocycles. The molecule has 0 heterocycles. The van der Waals surface area contributed by atoms with Crippen molar-refractivity contribution < 1.29 is 4.74 Å². The minimum absolute atomic E-state index is 0.540. The van der Waals surface area contributed by atoms with E-state index in [4.69, 9.17) is 4.74 Å². The largest absolute Gasteiger partial charge is 0.497 e. The molecule has 0 amide bonds. The van der Waals surface area contributed by atoms with Gasteiger partial charge in [-0.05, 0) is 73.4 Å². The van der Waals surface area contributed by atoms with Crippen LogP contribution in [0.25, 0.3) is 0 Å². The van der Waals surface area contributed by atoms with Crippen molar-refractivity contribution in [3.05, 3.63) is 65.2 Å². The zero-order valence-electron chi connectivity index (χ0n) is 15.4. The molecule has 0 N–H and O–H groups in total. The van der Waals surface area contributed by atoms with Gasteiger partial charge in [0, 0.05) is 11.5 Å². The van der Waals surface area contributed by atoms with E-state index in [0.29, 0.717) is 5.92 Å². The lowest BCUT2D eigenvalue weighted by atomic mass is 9.79. The van der Waals surface area contributed by atoms with Crippen molar-refractivity contribution >= 4 is 0 Å². The Labute approximate surface area is 152 Å². The van der Waals surface area contributed by atoms with Crippen LogP contribution in [0.15, 0.2) is 48.5 Å². The first kappa shape index (κ1) is 17.6. The van der Waals surface area contributed by atoms with E-state index in [1.165, 1.54) is 49.7 Å². The van der Waals surface area contributed by atoms with Crippen LogP contribution in [-0.2, 0) is 6.42 Å². The second-order valence-corrected chi connectivity index (χ2v) is 7.04. The summed E-state index contributed by atoms with van der Waals surface area (Å²) in [5.41, 5.74) is 4.06. The van der Waals surface area contributed by atoms with Gasteiger partial charge in [-0.3, -0.25) is 0 Å². The van der Waals surface area contributed by atoms with Gasteiger partial charge >= 0.3 is 0 Å². The molecule has 0 saturated heterocycles. The summed E-state index contributed by atoms with van der Waals surface area (Å²) in [6, 6.07) is 17.3. The number of rotatable bonds is 4. The third kappa shape index (κ3) is 4.89. The van der Waals surface area contributed by atoms with Crippen LogP contribution in [0.4, 0.5) is 0 Å². The van der Waals surface area contributed by atoms with Gasteiger partial charge in [0.15, 0.2) is 0 Å². The fourth-order valence-corrected chi connectivity index (χ4v) is 3.68. The van der Waals surface area contributed by atoms with Gasteiger partial charge in [0.2, 0.25) is 0 Å². The van der Waals surface area contributed by atoms with Crippen molar-refractivity contribution in [3.8, 4) is 17.6 Å². The topological polar surface area (TPSA) is 9.23 Å². The van der Waals surface area contributed by atoms with Crippen molar-refractivity contribution in [2.24, 2.45) is 5.92 Å². The summed E-state index contributed by atoms with van der Waals surface area (Å²) in [7, 11) is 1.69. The highest BCUT2D eigenvalue weighted by molar-refractivity contribution is 5.38. The van der Waals surface area contributed by atoms with Crippen LogP contribution in [0.3, 0.4) is 0 Å². The van der Waals surface area contributed by atoms with Crippen LogP contribution in [0.5, 0.6) is 5.75 Å². The first-order valence-corrected chi connectivity index (χ1v) is 9.53. The second kappa shape index (κ2) is 8.77.